The summed E-state index contributed by atoms with van der Waals surface area (Å²) >= 11 is 0. The van der Waals surface area contributed by atoms with Crippen LogP contribution in [0.25, 0.3) is 0 Å². The van der Waals surface area contributed by atoms with E-state index >= 15 is 0 Å². The summed E-state index contributed by atoms with van der Waals surface area (Å²) in [4.78, 5) is 4.19. The molecule has 1 aromatic carbocycles. The van der Waals surface area contributed by atoms with Gasteiger partial charge in [0.05, 0.1) is 6.54 Å². The molecule has 0 fully saturated rings. The smallest absolute Gasteiger partial charge is 0.140 e. The van der Waals surface area contributed by atoms with Crippen LogP contribution in [0.15, 0.2) is 30.6 Å². The molecular weight excluding hydrogens is 212 g/mol. The van der Waals surface area contributed by atoms with Gasteiger partial charge in [0.2, 0.25) is 0 Å². The first kappa shape index (κ1) is 11.8. The SMILES string of the molecule is Cc1ccccc1[C@@H](C)NCc1ncnn1C. The van der Waals surface area contributed by atoms with E-state index in [2.05, 4.69) is 53.5 Å². The lowest BCUT2D eigenvalue weighted by atomic mass is 10.0. The minimum atomic E-state index is 0.313. The summed E-state index contributed by atoms with van der Waals surface area (Å²) in [6.07, 6.45) is 1.58. The molecule has 0 amide bonds. The second-order valence-corrected chi connectivity index (χ2v) is 4.26. The molecule has 4 heteroatoms. The molecule has 90 valence electrons. The molecule has 1 N–H and O–H groups in total. The first-order valence-electron chi connectivity index (χ1n) is 5.80. The second-order valence-electron chi connectivity index (χ2n) is 4.26. The van der Waals surface area contributed by atoms with E-state index < -0.39 is 0 Å². The van der Waals surface area contributed by atoms with Crippen LogP contribution in [-0.2, 0) is 13.6 Å². The predicted octanol–water partition coefficient (Wildman–Crippen LogP) is 1.97. The van der Waals surface area contributed by atoms with E-state index in [-0.39, 0.29) is 0 Å². The highest BCUT2D eigenvalue weighted by atomic mass is 15.3. The van der Waals surface area contributed by atoms with E-state index in [1.165, 1.54) is 11.1 Å². The van der Waals surface area contributed by atoms with Crippen molar-refractivity contribution in [3.63, 3.8) is 0 Å². The second kappa shape index (κ2) is 5.10. The number of rotatable bonds is 4. The monoisotopic (exact) mass is 230 g/mol. The number of nitrogens with zero attached hydrogens (tertiary/aromatic N) is 3. The topological polar surface area (TPSA) is 42.7 Å². The fourth-order valence-corrected chi connectivity index (χ4v) is 1.91. The fourth-order valence-electron chi connectivity index (χ4n) is 1.91. The van der Waals surface area contributed by atoms with Gasteiger partial charge in [-0.15, -0.1) is 0 Å². The van der Waals surface area contributed by atoms with Gasteiger partial charge in [0, 0.05) is 13.1 Å². The Hall–Kier alpha value is -1.68. The Bertz CT molecular complexity index is 490. The van der Waals surface area contributed by atoms with Crippen molar-refractivity contribution in [2.75, 3.05) is 0 Å². The van der Waals surface area contributed by atoms with E-state index in [1.807, 2.05) is 7.05 Å². The highest BCUT2D eigenvalue weighted by molar-refractivity contribution is 5.28. The van der Waals surface area contributed by atoms with Gasteiger partial charge in [0.25, 0.3) is 0 Å². The molecule has 0 aliphatic rings. The van der Waals surface area contributed by atoms with E-state index in [9.17, 15) is 0 Å². The number of hydrogen-bond acceptors (Lipinski definition) is 3. The molecule has 0 radical (unpaired) electrons. The van der Waals surface area contributed by atoms with Crippen molar-refractivity contribution in [1.82, 2.24) is 20.1 Å². The summed E-state index contributed by atoms with van der Waals surface area (Å²) in [6, 6.07) is 8.74. The Balaban J connectivity index is 2.01. The maximum absolute atomic E-state index is 4.19. The lowest BCUT2D eigenvalue weighted by Crippen LogP contribution is -2.21. The van der Waals surface area contributed by atoms with Gasteiger partial charge in [-0.3, -0.25) is 4.68 Å². The van der Waals surface area contributed by atoms with Gasteiger partial charge in [-0.2, -0.15) is 5.10 Å². The van der Waals surface area contributed by atoms with Gasteiger partial charge in [-0.05, 0) is 25.0 Å². The molecule has 0 aliphatic heterocycles. The normalized spacial score (nSPS) is 12.6. The van der Waals surface area contributed by atoms with Crippen molar-refractivity contribution in [2.24, 2.45) is 7.05 Å². The van der Waals surface area contributed by atoms with E-state index in [0.717, 1.165) is 12.4 Å². The minimum Gasteiger partial charge on any atom is -0.303 e. The van der Waals surface area contributed by atoms with Gasteiger partial charge >= 0.3 is 0 Å². The third-order valence-electron chi connectivity index (χ3n) is 3.03. The maximum Gasteiger partial charge on any atom is 0.140 e. The van der Waals surface area contributed by atoms with Crippen molar-refractivity contribution >= 4 is 0 Å². The highest BCUT2D eigenvalue weighted by Crippen LogP contribution is 2.16. The van der Waals surface area contributed by atoms with Crippen molar-refractivity contribution in [3.05, 3.63) is 47.5 Å². The molecule has 1 atom stereocenters. The van der Waals surface area contributed by atoms with E-state index in [1.54, 1.807) is 11.0 Å². The van der Waals surface area contributed by atoms with Gasteiger partial charge in [-0.1, -0.05) is 24.3 Å². The molecule has 17 heavy (non-hydrogen) atoms. The zero-order valence-corrected chi connectivity index (χ0v) is 10.5. The Morgan fingerprint density at radius 3 is 2.76 bits per heavy atom. The molecule has 0 saturated carbocycles. The number of aryl methyl sites for hydroxylation is 2. The van der Waals surface area contributed by atoms with Crippen molar-refractivity contribution in [3.8, 4) is 0 Å². The van der Waals surface area contributed by atoms with Crippen molar-refractivity contribution in [1.29, 1.82) is 0 Å². The summed E-state index contributed by atoms with van der Waals surface area (Å²) in [7, 11) is 1.91. The summed E-state index contributed by atoms with van der Waals surface area (Å²) in [5, 5.41) is 7.51. The fraction of sp³-hybridized carbons (Fsp3) is 0.385. The molecule has 2 aromatic rings. The Morgan fingerprint density at radius 2 is 2.12 bits per heavy atom. The summed E-state index contributed by atoms with van der Waals surface area (Å²) in [5.74, 6) is 0.949. The molecule has 1 heterocycles. The third-order valence-corrected chi connectivity index (χ3v) is 3.03. The van der Waals surface area contributed by atoms with Crippen LogP contribution in [0, 0.1) is 6.92 Å². The van der Waals surface area contributed by atoms with E-state index in [4.69, 9.17) is 0 Å². The standard InChI is InChI=1S/C13H18N4/c1-10-6-4-5-7-12(10)11(2)14-8-13-15-9-16-17(13)3/h4-7,9,11,14H,8H2,1-3H3/t11-/m1/s1. The molecule has 4 nitrogen and oxygen atoms in total. The zero-order chi connectivity index (χ0) is 12.3. The van der Waals surface area contributed by atoms with Crippen molar-refractivity contribution < 1.29 is 0 Å². The molecule has 0 saturated heterocycles. The molecular formula is C13H18N4. The predicted molar refractivity (Wildman–Crippen MR) is 67.4 cm³/mol. The van der Waals surface area contributed by atoms with Crippen LogP contribution in [0.1, 0.15) is 29.9 Å². The largest absolute Gasteiger partial charge is 0.303 e. The summed E-state index contributed by atoms with van der Waals surface area (Å²) < 4.78 is 1.79. The number of benzene rings is 1. The van der Waals surface area contributed by atoms with Crippen LogP contribution in [0.5, 0.6) is 0 Å². The number of nitrogens with one attached hydrogen (secondary N) is 1. The summed E-state index contributed by atoms with van der Waals surface area (Å²) in [6.45, 7) is 5.03. The van der Waals surface area contributed by atoms with Crippen LogP contribution in [0.2, 0.25) is 0 Å². The van der Waals surface area contributed by atoms with Crippen LogP contribution < -0.4 is 5.32 Å². The first-order valence-corrected chi connectivity index (χ1v) is 5.80. The lowest BCUT2D eigenvalue weighted by Gasteiger charge is -2.16. The van der Waals surface area contributed by atoms with Gasteiger partial charge in [0.1, 0.15) is 12.2 Å². The molecule has 1 aromatic heterocycles. The van der Waals surface area contributed by atoms with Crippen molar-refractivity contribution in [2.45, 2.75) is 26.4 Å². The average molecular weight is 230 g/mol. The average Bonchev–Trinajstić information content (AvgIpc) is 2.72. The molecule has 0 aliphatic carbocycles. The van der Waals surface area contributed by atoms with Crippen LogP contribution >= 0.6 is 0 Å². The van der Waals surface area contributed by atoms with E-state index in [0.29, 0.717) is 6.04 Å². The van der Waals surface area contributed by atoms with Crippen LogP contribution in [0.3, 0.4) is 0 Å². The van der Waals surface area contributed by atoms with Gasteiger partial charge in [-0.25, -0.2) is 4.98 Å². The van der Waals surface area contributed by atoms with Crippen LogP contribution in [-0.4, -0.2) is 14.8 Å². The molecule has 0 spiro atoms. The Kier molecular flexibility index (Phi) is 3.54. The number of hydrogen-bond donors (Lipinski definition) is 1. The van der Waals surface area contributed by atoms with Gasteiger partial charge < -0.3 is 5.32 Å². The van der Waals surface area contributed by atoms with Crippen LogP contribution in [0.4, 0.5) is 0 Å². The maximum atomic E-state index is 4.19. The zero-order valence-electron chi connectivity index (χ0n) is 10.5. The molecule has 2 rings (SSSR count). The number of aromatic nitrogens is 3. The Labute approximate surface area is 102 Å². The highest BCUT2D eigenvalue weighted by Gasteiger charge is 2.08. The van der Waals surface area contributed by atoms with Gasteiger partial charge in [0.15, 0.2) is 0 Å². The Morgan fingerprint density at radius 1 is 1.35 bits per heavy atom. The summed E-state index contributed by atoms with van der Waals surface area (Å²) in [5.41, 5.74) is 2.64. The first-order chi connectivity index (χ1) is 8.18. The third kappa shape index (κ3) is 2.71. The molecule has 0 bridgehead atoms. The lowest BCUT2D eigenvalue weighted by molar-refractivity contribution is 0.538. The molecule has 0 unspecified atom stereocenters. The minimum absolute atomic E-state index is 0.313. The quantitative estimate of drug-likeness (QED) is 0.873.